The summed E-state index contributed by atoms with van der Waals surface area (Å²) in [5, 5.41) is 19.1. The van der Waals surface area contributed by atoms with Gasteiger partial charge in [-0.25, -0.2) is 9.59 Å². The Labute approximate surface area is 160 Å². The first-order chi connectivity index (χ1) is 13.5. The van der Waals surface area contributed by atoms with Crippen LogP contribution in [-0.2, 0) is 0 Å². The second kappa shape index (κ2) is 6.62. The monoisotopic (exact) mass is 377 g/mol. The first-order valence-corrected chi connectivity index (χ1v) is 8.36. The summed E-state index contributed by atoms with van der Waals surface area (Å²) in [4.78, 5) is 25.2. The van der Waals surface area contributed by atoms with Gasteiger partial charge in [0.25, 0.3) is 0 Å². The Morgan fingerprint density at radius 1 is 0.821 bits per heavy atom. The second-order valence-electron chi connectivity index (χ2n) is 6.05. The van der Waals surface area contributed by atoms with Crippen LogP contribution in [0.5, 0.6) is 17.2 Å². The van der Waals surface area contributed by atoms with Crippen LogP contribution in [0.25, 0.3) is 0 Å². The fourth-order valence-electron chi connectivity index (χ4n) is 3.19. The molecule has 2 N–H and O–H groups in total. The summed E-state index contributed by atoms with van der Waals surface area (Å²) in [6, 6.07) is 16.7. The number of rotatable bonds is 4. The van der Waals surface area contributed by atoms with Crippen LogP contribution in [0, 0.1) is 0 Å². The highest BCUT2D eigenvalue weighted by Gasteiger charge is 2.32. The predicted octanol–water partition coefficient (Wildman–Crippen LogP) is 4.67. The molecule has 1 aliphatic rings. The molecule has 4 rings (SSSR count). The van der Waals surface area contributed by atoms with Gasteiger partial charge in [-0.05, 0) is 48.5 Å². The number of carbonyl (C=O) groups is 2. The lowest BCUT2D eigenvalue weighted by molar-refractivity contribution is 0.0687. The molecule has 28 heavy (non-hydrogen) atoms. The van der Waals surface area contributed by atoms with E-state index in [1.807, 2.05) is 0 Å². The molecule has 0 radical (unpaired) electrons. The van der Waals surface area contributed by atoms with Crippen molar-refractivity contribution in [1.82, 2.24) is 0 Å². The summed E-state index contributed by atoms with van der Waals surface area (Å²) in [7, 11) is 1.56. The van der Waals surface area contributed by atoms with Gasteiger partial charge in [-0.15, -0.1) is 0 Å². The van der Waals surface area contributed by atoms with Gasteiger partial charge in [0.15, 0.2) is 11.5 Å². The standard InChI is InChI=1S/C21H15NO6/c1-27-13-10-8-12(9-11-13)22-16-6-2-4-14(20(23)24)18(16)28-19-15(21(25)26)5-3-7-17(19)22/h2-11H,1H3,(H,23,24)(H,25,26). The van der Waals surface area contributed by atoms with Crippen LogP contribution < -0.4 is 14.4 Å². The zero-order valence-electron chi connectivity index (χ0n) is 14.7. The number of aromatic carboxylic acids is 2. The van der Waals surface area contributed by atoms with Crippen molar-refractivity contribution in [3.63, 3.8) is 0 Å². The Morgan fingerprint density at radius 2 is 1.32 bits per heavy atom. The van der Waals surface area contributed by atoms with E-state index in [1.54, 1.807) is 60.5 Å². The van der Waals surface area contributed by atoms with Crippen LogP contribution in [0.3, 0.4) is 0 Å². The normalized spacial score (nSPS) is 11.8. The first-order valence-electron chi connectivity index (χ1n) is 8.36. The highest BCUT2D eigenvalue weighted by Crippen LogP contribution is 2.52. The number of benzene rings is 3. The van der Waals surface area contributed by atoms with Crippen molar-refractivity contribution < 1.29 is 29.3 Å². The third kappa shape index (κ3) is 2.69. The molecule has 1 aliphatic heterocycles. The predicted molar refractivity (Wildman–Crippen MR) is 102 cm³/mol. The molecular formula is C21H15NO6. The number of hydrogen-bond acceptors (Lipinski definition) is 5. The summed E-state index contributed by atoms with van der Waals surface area (Å²) in [6.45, 7) is 0. The Bertz CT molecular complexity index is 1030. The van der Waals surface area contributed by atoms with Crippen LogP contribution >= 0.6 is 0 Å². The molecule has 0 bridgehead atoms. The molecule has 0 spiro atoms. The van der Waals surface area contributed by atoms with Gasteiger partial charge in [-0.1, -0.05) is 12.1 Å². The lowest BCUT2D eigenvalue weighted by Gasteiger charge is -2.34. The van der Waals surface area contributed by atoms with E-state index in [4.69, 9.17) is 9.47 Å². The fourth-order valence-corrected chi connectivity index (χ4v) is 3.19. The Balaban J connectivity index is 2.00. The van der Waals surface area contributed by atoms with Crippen LogP contribution in [0.1, 0.15) is 20.7 Å². The first kappa shape index (κ1) is 17.4. The third-order valence-corrected chi connectivity index (χ3v) is 4.47. The summed E-state index contributed by atoms with van der Waals surface area (Å²) < 4.78 is 11.0. The maximum atomic E-state index is 11.7. The Morgan fingerprint density at radius 3 is 1.75 bits per heavy atom. The van der Waals surface area contributed by atoms with Crippen molar-refractivity contribution in [1.29, 1.82) is 0 Å². The number of nitrogens with zero attached hydrogens (tertiary/aromatic N) is 1. The van der Waals surface area contributed by atoms with Gasteiger partial charge in [0.2, 0.25) is 0 Å². The molecule has 140 valence electrons. The highest BCUT2D eigenvalue weighted by atomic mass is 16.5. The van der Waals surface area contributed by atoms with Gasteiger partial charge in [-0.2, -0.15) is 0 Å². The van der Waals surface area contributed by atoms with Crippen LogP contribution in [0.2, 0.25) is 0 Å². The van der Waals surface area contributed by atoms with Crippen molar-refractivity contribution >= 4 is 29.0 Å². The Kier molecular flexibility index (Phi) is 4.12. The molecule has 1 heterocycles. The van der Waals surface area contributed by atoms with E-state index >= 15 is 0 Å². The molecule has 0 amide bonds. The third-order valence-electron chi connectivity index (χ3n) is 4.47. The maximum absolute atomic E-state index is 11.7. The minimum absolute atomic E-state index is 0.0538. The van der Waals surface area contributed by atoms with Gasteiger partial charge >= 0.3 is 11.9 Å². The van der Waals surface area contributed by atoms with Crippen molar-refractivity contribution in [2.24, 2.45) is 0 Å². The van der Waals surface area contributed by atoms with E-state index in [0.29, 0.717) is 22.8 Å². The number of carboxylic acids is 2. The van der Waals surface area contributed by atoms with E-state index < -0.39 is 11.9 Å². The number of carboxylic acid groups (broad SMARTS) is 2. The second-order valence-corrected chi connectivity index (χ2v) is 6.05. The van der Waals surface area contributed by atoms with Crippen molar-refractivity contribution in [2.45, 2.75) is 0 Å². The molecule has 3 aromatic carbocycles. The molecule has 7 heteroatoms. The van der Waals surface area contributed by atoms with Crippen molar-refractivity contribution in [2.75, 3.05) is 12.0 Å². The topological polar surface area (TPSA) is 96.3 Å². The van der Waals surface area contributed by atoms with E-state index in [2.05, 4.69) is 0 Å². The lowest BCUT2D eigenvalue weighted by Crippen LogP contribution is -2.19. The van der Waals surface area contributed by atoms with Gasteiger partial charge in [0, 0.05) is 5.69 Å². The largest absolute Gasteiger partial charge is 0.497 e. The number of methoxy groups -OCH3 is 1. The van der Waals surface area contributed by atoms with Gasteiger partial charge in [-0.3, -0.25) is 0 Å². The molecular weight excluding hydrogens is 362 g/mol. The summed E-state index contributed by atoms with van der Waals surface area (Å²) in [5.74, 6) is -1.49. The summed E-state index contributed by atoms with van der Waals surface area (Å²) >= 11 is 0. The van der Waals surface area contributed by atoms with Gasteiger partial charge < -0.3 is 24.6 Å². The number of fused-ring (bicyclic) bond motifs is 2. The minimum Gasteiger partial charge on any atom is -0.497 e. The van der Waals surface area contributed by atoms with Gasteiger partial charge in [0.05, 0.1) is 18.5 Å². The quantitative estimate of drug-likeness (QED) is 0.533. The van der Waals surface area contributed by atoms with E-state index in [9.17, 15) is 19.8 Å². The lowest BCUT2D eigenvalue weighted by atomic mass is 10.0. The van der Waals surface area contributed by atoms with Crippen molar-refractivity contribution in [3.8, 4) is 17.2 Å². The Hall–Kier alpha value is -4.00. The SMILES string of the molecule is COc1ccc(N2c3cccc(C(=O)O)c3Oc3c(C(=O)O)cccc32)cc1. The number of hydrogen-bond donors (Lipinski definition) is 2. The molecule has 0 atom stereocenters. The van der Waals surface area contributed by atoms with E-state index in [-0.39, 0.29) is 22.6 Å². The number of ether oxygens (including phenoxy) is 2. The van der Waals surface area contributed by atoms with Crippen molar-refractivity contribution in [3.05, 3.63) is 71.8 Å². The summed E-state index contributed by atoms with van der Waals surface area (Å²) in [6.07, 6.45) is 0. The smallest absolute Gasteiger partial charge is 0.339 e. The fraction of sp³-hybridized carbons (Fsp3) is 0.0476. The van der Waals surface area contributed by atoms with E-state index in [0.717, 1.165) is 0 Å². The molecule has 7 nitrogen and oxygen atoms in total. The molecule has 0 aliphatic carbocycles. The molecule has 3 aromatic rings. The van der Waals surface area contributed by atoms with Crippen LogP contribution in [0.4, 0.5) is 17.1 Å². The molecule has 0 fully saturated rings. The minimum atomic E-state index is -1.16. The number of para-hydroxylation sites is 2. The molecule has 0 unspecified atom stereocenters. The molecule has 0 saturated carbocycles. The zero-order valence-corrected chi connectivity index (χ0v) is 14.7. The van der Waals surface area contributed by atoms with Gasteiger partial charge in [0.1, 0.15) is 16.9 Å². The molecule has 0 saturated heterocycles. The molecule has 0 aromatic heterocycles. The van der Waals surface area contributed by atoms with Crippen LogP contribution in [0.15, 0.2) is 60.7 Å². The highest BCUT2D eigenvalue weighted by molar-refractivity contribution is 6.01. The average molecular weight is 377 g/mol. The van der Waals surface area contributed by atoms with E-state index in [1.165, 1.54) is 12.1 Å². The number of anilines is 3. The van der Waals surface area contributed by atoms with Crippen LogP contribution in [-0.4, -0.2) is 29.3 Å². The average Bonchev–Trinajstić information content (AvgIpc) is 2.71. The maximum Gasteiger partial charge on any atom is 0.339 e. The summed E-state index contributed by atoms with van der Waals surface area (Å²) in [5.41, 5.74) is 1.60. The zero-order chi connectivity index (χ0) is 19.8.